The number of hydrogen-bond donors (Lipinski definition) is 4. The molecule has 7 nitrogen and oxygen atoms in total. The molecule has 0 aliphatic heterocycles. The molecule has 0 aromatic rings. The van der Waals surface area contributed by atoms with E-state index in [9.17, 15) is 14.4 Å². The van der Waals surface area contributed by atoms with Crippen LogP contribution in [0, 0.1) is 0 Å². The fourth-order valence-corrected chi connectivity index (χ4v) is 1.24. The summed E-state index contributed by atoms with van der Waals surface area (Å²) in [5.74, 6) is -1.15. The van der Waals surface area contributed by atoms with Crippen LogP contribution in [0.15, 0.2) is 0 Å². The minimum atomic E-state index is -0.724. The average Bonchev–Trinajstić information content (AvgIpc) is 2.23. The molecule has 0 saturated heterocycles. The van der Waals surface area contributed by atoms with Gasteiger partial charge in [0.05, 0.1) is 0 Å². The van der Waals surface area contributed by atoms with E-state index in [1.807, 2.05) is 0 Å². The fourth-order valence-electron chi connectivity index (χ4n) is 1.24. The second-order valence-electron chi connectivity index (χ2n) is 3.69. The monoisotopic (exact) mass is 244 g/mol. The zero-order valence-corrected chi connectivity index (χ0v) is 9.99. The van der Waals surface area contributed by atoms with E-state index in [1.165, 1.54) is 6.92 Å². The minimum Gasteiger partial charge on any atom is -0.370 e. The summed E-state index contributed by atoms with van der Waals surface area (Å²) in [6.07, 6.45) is 0.910. The normalized spacial score (nSPS) is 11.6. The van der Waals surface area contributed by atoms with Crippen LogP contribution < -0.4 is 22.1 Å². The molecule has 3 amide bonds. The summed E-state index contributed by atoms with van der Waals surface area (Å²) in [6.45, 7) is 2.23. The predicted octanol–water partition coefficient (Wildman–Crippen LogP) is -1.78. The Labute approximate surface area is 100 Å². The first-order valence-corrected chi connectivity index (χ1v) is 5.50. The van der Waals surface area contributed by atoms with Gasteiger partial charge in [-0.2, -0.15) is 0 Å². The molecule has 98 valence electrons. The number of nitrogens with two attached hydrogens (primary N) is 2. The lowest BCUT2D eigenvalue weighted by Crippen LogP contribution is -2.46. The number of carbonyl (C=O) groups excluding carboxylic acids is 3. The van der Waals surface area contributed by atoms with Crippen molar-refractivity contribution in [2.45, 2.75) is 32.2 Å². The third-order valence-corrected chi connectivity index (χ3v) is 2.05. The second kappa shape index (κ2) is 8.51. The molecule has 1 atom stereocenters. The number of primary amides is 1. The van der Waals surface area contributed by atoms with E-state index in [0.717, 1.165) is 0 Å². The van der Waals surface area contributed by atoms with Crippen LogP contribution in [-0.4, -0.2) is 36.9 Å². The molecule has 7 heteroatoms. The van der Waals surface area contributed by atoms with Crippen LogP contribution in [0.25, 0.3) is 0 Å². The smallest absolute Gasteiger partial charge is 0.242 e. The molecule has 0 spiro atoms. The first-order chi connectivity index (χ1) is 7.97. The van der Waals surface area contributed by atoms with Crippen LogP contribution in [0.4, 0.5) is 0 Å². The van der Waals surface area contributed by atoms with E-state index in [0.29, 0.717) is 19.5 Å². The van der Waals surface area contributed by atoms with Crippen LogP contribution in [0.5, 0.6) is 0 Å². The SMILES string of the molecule is CC(=O)NC(CCC(N)=O)C(=O)NCCCN. The summed E-state index contributed by atoms with van der Waals surface area (Å²) in [5.41, 5.74) is 10.3. The van der Waals surface area contributed by atoms with Gasteiger partial charge in [-0.25, -0.2) is 0 Å². The predicted molar refractivity (Wildman–Crippen MR) is 62.7 cm³/mol. The summed E-state index contributed by atoms with van der Waals surface area (Å²) in [5, 5.41) is 5.10. The van der Waals surface area contributed by atoms with Gasteiger partial charge in [0, 0.05) is 19.9 Å². The average molecular weight is 244 g/mol. The van der Waals surface area contributed by atoms with Gasteiger partial charge in [-0.1, -0.05) is 0 Å². The Bertz CT molecular complexity index is 281. The zero-order valence-electron chi connectivity index (χ0n) is 9.99. The molecular formula is C10H20N4O3. The van der Waals surface area contributed by atoms with Crippen molar-refractivity contribution in [2.75, 3.05) is 13.1 Å². The van der Waals surface area contributed by atoms with Gasteiger partial charge >= 0.3 is 0 Å². The maximum Gasteiger partial charge on any atom is 0.242 e. The van der Waals surface area contributed by atoms with Crippen molar-refractivity contribution in [1.82, 2.24) is 10.6 Å². The highest BCUT2D eigenvalue weighted by molar-refractivity contribution is 5.87. The van der Waals surface area contributed by atoms with Crippen LogP contribution in [0.3, 0.4) is 0 Å². The van der Waals surface area contributed by atoms with Gasteiger partial charge in [-0.15, -0.1) is 0 Å². The molecule has 1 unspecified atom stereocenters. The number of hydrogen-bond acceptors (Lipinski definition) is 4. The lowest BCUT2D eigenvalue weighted by molar-refractivity contribution is -0.128. The first kappa shape index (κ1) is 15.4. The molecule has 0 bridgehead atoms. The van der Waals surface area contributed by atoms with Crippen LogP contribution in [-0.2, 0) is 14.4 Å². The minimum absolute atomic E-state index is 0.0508. The maximum atomic E-state index is 11.6. The van der Waals surface area contributed by atoms with E-state index < -0.39 is 11.9 Å². The third-order valence-electron chi connectivity index (χ3n) is 2.05. The Kier molecular flexibility index (Phi) is 7.70. The van der Waals surface area contributed by atoms with Crippen molar-refractivity contribution >= 4 is 17.7 Å². The zero-order chi connectivity index (χ0) is 13.3. The van der Waals surface area contributed by atoms with Gasteiger partial charge in [0.1, 0.15) is 6.04 Å². The quantitative estimate of drug-likeness (QED) is 0.376. The highest BCUT2D eigenvalue weighted by atomic mass is 16.2. The highest BCUT2D eigenvalue weighted by Crippen LogP contribution is 1.97. The molecule has 0 radical (unpaired) electrons. The van der Waals surface area contributed by atoms with E-state index in [4.69, 9.17) is 11.5 Å². The van der Waals surface area contributed by atoms with Gasteiger partial charge < -0.3 is 22.1 Å². The van der Waals surface area contributed by atoms with E-state index in [2.05, 4.69) is 10.6 Å². The van der Waals surface area contributed by atoms with Gasteiger partial charge in [-0.05, 0) is 19.4 Å². The molecule has 6 N–H and O–H groups in total. The highest BCUT2D eigenvalue weighted by Gasteiger charge is 2.19. The molecule has 0 aliphatic carbocycles. The Morgan fingerprint density at radius 2 is 1.94 bits per heavy atom. The summed E-state index contributed by atoms with van der Waals surface area (Å²) >= 11 is 0. The van der Waals surface area contributed by atoms with Crippen LogP contribution in [0.2, 0.25) is 0 Å². The van der Waals surface area contributed by atoms with Gasteiger partial charge in [0.15, 0.2) is 0 Å². The molecule has 0 saturated carbocycles. The standard InChI is InChI=1S/C10H20N4O3/c1-7(15)14-8(3-4-9(12)16)10(17)13-6-2-5-11/h8H,2-6,11H2,1H3,(H2,12,16)(H,13,17)(H,14,15). The summed E-state index contributed by atoms with van der Waals surface area (Å²) in [7, 11) is 0. The van der Waals surface area contributed by atoms with E-state index >= 15 is 0 Å². The molecule has 0 aliphatic rings. The number of nitrogens with one attached hydrogen (secondary N) is 2. The largest absolute Gasteiger partial charge is 0.370 e. The van der Waals surface area contributed by atoms with Crippen molar-refractivity contribution in [3.8, 4) is 0 Å². The van der Waals surface area contributed by atoms with Crippen molar-refractivity contribution in [3.63, 3.8) is 0 Å². The summed E-state index contributed by atoms with van der Waals surface area (Å²) in [6, 6.07) is -0.724. The Morgan fingerprint density at radius 3 is 2.41 bits per heavy atom. The second-order valence-corrected chi connectivity index (χ2v) is 3.69. The van der Waals surface area contributed by atoms with Gasteiger partial charge in [-0.3, -0.25) is 14.4 Å². The topological polar surface area (TPSA) is 127 Å². The van der Waals surface area contributed by atoms with Gasteiger partial charge in [0.2, 0.25) is 17.7 Å². The van der Waals surface area contributed by atoms with Crippen molar-refractivity contribution in [3.05, 3.63) is 0 Å². The van der Waals surface area contributed by atoms with Crippen molar-refractivity contribution in [1.29, 1.82) is 0 Å². The first-order valence-electron chi connectivity index (χ1n) is 5.50. The number of carbonyl (C=O) groups is 3. The molecule has 0 heterocycles. The molecule has 0 fully saturated rings. The van der Waals surface area contributed by atoms with E-state index in [1.54, 1.807) is 0 Å². The summed E-state index contributed by atoms with van der Waals surface area (Å²) in [4.78, 5) is 33.2. The van der Waals surface area contributed by atoms with Crippen molar-refractivity contribution in [2.24, 2.45) is 11.5 Å². The Hall–Kier alpha value is -1.63. The van der Waals surface area contributed by atoms with Crippen LogP contribution >= 0.6 is 0 Å². The molecule has 17 heavy (non-hydrogen) atoms. The lowest BCUT2D eigenvalue weighted by Gasteiger charge is -2.16. The number of amides is 3. The maximum absolute atomic E-state index is 11.6. The third kappa shape index (κ3) is 8.21. The number of rotatable bonds is 8. The van der Waals surface area contributed by atoms with Gasteiger partial charge in [0.25, 0.3) is 0 Å². The fraction of sp³-hybridized carbons (Fsp3) is 0.700. The summed E-state index contributed by atoms with van der Waals surface area (Å²) < 4.78 is 0. The molecule has 0 rings (SSSR count). The van der Waals surface area contributed by atoms with Crippen LogP contribution in [0.1, 0.15) is 26.2 Å². The van der Waals surface area contributed by atoms with Crippen molar-refractivity contribution < 1.29 is 14.4 Å². The Morgan fingerprint density at radius 1 is 1.29 bits per heavy atom. The lowest BCUT2D eigenvalue weighted by atomic mass is 10.1. The molecule has 0 aromatic heterocycles. The van der Waals surface area contributed by atoms with E-state index in [-0.39, 0.29) is 24.7 Å². The Balaban J connectivity index is 4.19. The molecular weight excluding hydrogens is 224 g/mol. The molecule has 0 aromatic carbocycles.